The predicted molar refractivity (Wildman–Crippen MR) is 107 cm³/mol. The van der Waals surface area contributed by atoms with Crippen LogP contribution in [0.2, 0.25) is 0 Å². The van der Waals surface area contributed by atoms with Crippen LogP contribution in [0.15, 0.2) is 0 Å². The summed E-state index contributed by atoms with van der Waals surface area (Å²) in [4.78, 5) is 36.5. The molecule has 152 valence electrons. The predicted octanol–water partition coefficient (Wildman–Crippen LogP) is 4.04. The molecule has 11 heteroatoms. The Labute approximate surface area is 176 Å². The number of rotatable bonds is 8. The summed E-state index contributed by atoms with van der Waals surface area (Å²) < 4.78 is 8.16. The molecule has 1 aromatic rings. The first-order valence-electron chi connectivity index (χ1n) is 8.16. The van der Waals surface area contributed by atoms with E-state index in [4.69, 9.17) is 44.3 Å². The van der Waals surface area contributed by atoms with E-state index in [0.717, 1.165) is 11.3 Å². The summed E-state index contributed by atoms with van der Waals surface area (Å²) in [7, 11) is 0. The minimum Gasteiger partial charge on any atom is -0.462 e. The number of ether oxygens (including phenoxy) is 2. The summed E-state index contributed by atoms with van der Waals surface area (Å²) in [5.74, 6) is -1.59. The Morgan fingerprint density at radius 2 is 1.63 bits per heavy atom. The van der Waals surface area contributed by atoms with Gasteiger partial charge in [-0.1, -0.05) is 41.7 Å². The van der Waals surface area contributed by atoms with Crippen LogP contribution in [0.1, 0.15) is 52.8 Å². The molecule has 27 heavy (non-hydrogen) atoms. The molecule has 1 aromatic heterocycles. The Morgan fingerprint density at radius 3 is 2.11 bits per heavy atom. The summed E-state index contributed by atoms with van der Waals surface area (Å²) in [6.45, 7) is 6.88. The minimum absolute atomic E-state index is 0.120. The number of hydrogen-bond acceptors (Lipinski definition) is 7. The maximum absolute atomic E-state index is 12.4. The zero-order valence-corrected chi connectivity index (χ0v) is 18.4. The minimum atomic E-state index is -1.92. The van der Waals surface area contributed by atoms with E-state index in [1.54, 1.807) is 27.7 Å². The van der Waals surface area contributed by atoms with Crippen molar-refractivity contribution < 1.29 is 23.9 Å². The molecule has 2 N–H and O–H groups in total. The highest BCUT2D eigenvalue weighted by Gasteiger charge is 2.36. The Hall–Kier alpha value is -1.22. The molecular formula is C16H21Cl3N2O5S. The van der Waals surface area contributed by atoms with Gasteiger partial charge in [0.15, 0.2) is 0 Å². The fourth-order valence-electron chi connectivity index (χ4n) is 2.05. The average molecular weight is 460 g/mol. The first-order chi connectivity index (χ1) is 12.6. The number of halogens is 3. The van der Waals surface area contributed by atoms with Crippen molar-refractivity contribution >= 4 is 69.0 Å². The highest BCUT2D eigenvalue weighted by atomic mass is 35.6. The number of amides is 1. The van der Waals surface area contributed by atoms with Crippen molar-refractivity contribution in [3.63, 3.8) is 0 Å². The number of anilines is 1. The second-order valence-corrected chi connectivity index (χ2v) is 8.63. The number of carbonyl (C=O) groups excluding carboxylic acids is 3. The third-order valence-corrected chi connectivity index (χ3v) is 5.17. The lowest BCUT2D eigenvalue weighted by atomic mass is 10.1. The number of alkyl halides is 3. The van der Waals surface area contributed by atoms with E-state index in [2.05, 4.69) is 10.6 Å². The van der Waals surface area contributed by atoms with Crippen molar-refractivity contribution in [2.24, 2.45) is 0 Å². The average Bonchev–Trinajstić information content (AvgIpc) is 2.90. The lowest BCUT2D eigenvalue weighted by Gasteiger charge is -2.27. The van der Waals surface area contributed by atoms with Crippen LogP contribution in [0.5, 0.6) is 0 Å². The van der Waals surface area contributed by atoms with E-state index >= 15 is 0 Å². The molecular weight excluding hydrogens is 439 g/mol. The number of carbonyl (C=O) groups is 3. The molecule has 0 aliphatic heterocycles. The van der Waals surface area contributed by atoms with Crippen molar-refractivity contribution in [2.45, 2.75) is 44.1 Å². The van der Waals surface area contributed by atoms with Crippen LogP contribution in [-0.4, -0.2) is 41.0 Å². The van der Waals surface area contributed by atoms with Gasteiger partial charge in [0.1, 0.15) is 16.0 Å². The highest BCUT2D eigenvalue weighted by molar-refractivity contribution is 7.18. The van der Waals surface area contributed by atoms with Gasteiger partial charge in [-0.05, 0) is 26.3 Å². The van der Waals surface area contributed by atoms with Crippen LogP contribution in [-0.2, 0) is 14.3 Å². The van der Waals surface area contributed by atoms with Gasteiger partial charge in [-0.3, -0.25) is 4.79 Å². The fourth-order valence-corrected chi connectivity index (χ4v) is 3.49. The number of nitrogens with one attached hydrogen (secondary N) is 2. The molecule has 0 aromatic carbocycles. The van der Waals surface area contributed by atoms with E-state index < -0.39 is 21.9 Å². The normalized spacial score (nSPS) is 12.3. The smallest absolute Gasteiger partial charge is 0.348 e. The molecule has 1 atom stereocenters. The van der Waals surface area contributed by atoms with Crippen LogP contribution in [0, 0.1) is 6.92 Å². The SMILES string of the molecule is CCOC(=O)c1sc(N[C@@H](NC(=O)CC)C(Cl)(Cl)Cl)c(C(=O)OCC)c1C. The molecule has 0 radical (unpaired) electrons. The molecule has 0 saturated carbocycles. The molecule has 0 fully saturated rings. The molecule has 1 amide bonds. The third kappa shape index (κ3) is 6.41. The maximum Gasteiger partial charge on any atom is 0.348 e. The lowest BCUT2D eigenvalue weighted by molar-refractivity contribution is -0.121. The van der Waals surface area contributed by atoms with Crippen molar-refractivity contribution in [2.75, 3.05) is 18.5 Å². The van der Waals surface area contributed by atoms with E-state index in [1.165, 1.54) is 0 Å². The summed E-state index contributed by atoms with van der Waals surface area (Å²) >= 11 is 18.8. The Bertz CT molecular complexity index is 703. The molecule has 0 aliphatic rings. The Balaban J connectivity index is 3.37. The Kier molecular flexibility index (Phi) is 9.14. The quantitative estimate of drug-likeness (QED) is 0.346. The maximum atomic E-state index is 12.4. The molecule has 0 aliphatic carbocycles. The number of thiophene rings is 1. The second kappa shape index (κ2) is 10.4. The van der Waals surface area contributed by atoms with Crippen LogP contribution >= 0.6 is 46.1 Å². The second-order valence-electron chi connectivity index (χ2n) is 5.24. The topological polar surface area (TPSA) is 93.7 Å². The van der Waals surface area contributed by atoms with Crippen LogP contribution < -0.4 is 10.6 Å². The number of hydrogen-bond donors (Lipinski definition) is 2. The summed E-state index contributed by atoms with van der Waals surface area (Å²) in [5.41, 5.74) is 0.499. The molecule has 0 saturated heterocycles. The van der Waals surface area contributed by atoms with E-state index in [-0.39, 0.29) is 41.0 Å². The largest absolute Gasteiger partial charge is 0.462 e. The van der Waals surface area contributed by atoms with Gasteiger partial charge < -0.3 is 20.1 Å². The summed E-state index contributed by atoms with van der Waals surface area (Å²) in [6, 6.07) is 0. The van der Waals surface area contributed by atoms with Gasteiger partial charge in [0.25, 0.3) is 0 Å². The molecule has 1 rings (SSSR count). The van der Waals surface area contributed by atoms with E-state index in [9.17, 15) is 14.4 Å². The molecule has 0 spiro atoms. The van der Waals surface area contributed by atoms with Crippen LogP contribution in [0.25, 0.3) is 0 Å². The van der Waals surface area contributed by atoms with Crippen LogP contribution in [0.3, 0.4) is 0 Å². The first kappa shape index (κ1) is 23.8. The summed E-state index contributed by atoms with van der Waals surface area (Å²) in [6.07, 6.45) is -0.975. The lowest BCUT2D eigenvalue weighted by Crippen LogP contribution is -2.49. The monoisotopic (exact) mass is 458 g/mol. The molecule has 1 heterocycles. The van der Waals surface area contributed by atoms with Gasteiger partial charge in [-0.15, -0.1) is 11.3 Å². The van der Waals surface area contributed by atoms with Crippen molar-refractivity contribution in [1.29, 1.82) is 0 Å². The Morgan fingerprint density at radius 1 is 1.07 bits per heavy atom. The van der Waals surface area contributed by atoms with Gasteiger partial charge in [-0.2, -0.15) is 0 Å². The van der Waals surface area contributed by atoms with Crippen molar-refractivity contribution in [3.05, 3.63) is 16.0 Å². The van der Waals surface area contributed by atoms with Gasteiger partial charge in [0.05, 0.1) is 18.8 Å². The fraction of sp³-hybridized carbons (Fsp3) is 0.562. The third-order valence-electron chi connectivity index (χ3n) is 3.32. The van der Waals surface area contributed by atoms with Crippen LogP contribution in [0.4, 0.5) is 5.00 Å². The first-order valence-corrected chi connectivity index (χ1v) is 10.1. The zero-order chi connectivity index (χ0) is 20.8. The number of esters is 2. The molecule has 7 nitrogen and oxygen atoms in total. The zero-order valence-electron chi connectivity index (χ0n) is 15.3. The highest BCUT2D eigenvalue weighted by Crippen LogP contribution is 2.38. The molecule has 0 bridgehead atoms. The van der Waals surface area contributed by atoms with Crippen molar-refractivity contribution in [3.8, 4) is 0 Å². The van der Waals surface area contributed by atoms with Gasteiger partial charge >= 0.3 is 11.9 Å². The molecule has 0 unspecified atom stereocenters. The standard InChI is InChI=1S/C16H21Cl3N2O5S/c1-5-9(22)20-15(16(17,18)19)21-12-10(13(23)25-6-2)8(4)11(27-12)14(24)26-7-3/h15,21H,5-7H2,1-4H3,(H,20,22)/t15-/m1/s1. The van der Waals surface area contributed by atoms with E-state index in [0.29, 0.717) is 5.56 Å². The summed E-state index contributed by atoms with van der Waals surface area (Å²) in [5, 5.41) is 5.59. The van der Waals surface area contributed by atoms with Gasteiger partial charge in [0.2, 0.25) is 9.70 Å². The van der Waals surface area contributed by atoms with Crippen molar-refractivity contribution in [1.82, 2.24) is 5.32 Å². The van der Waals surface area contributed by atoms with Gasteiger partial charge in [-0.25, -0.2) is 9.59 Å². The van der Waals surface area contributed by atoms with Gasteiger partial charge in [0, 0.05) is 6.42 Å². The van der Waals surface area contributed by atoms with E-state index in [1.807, 2.05) is 0 Å².